The minimum absolute atomic E-state index is 0.269. The van der Waals surface area contributed by atoms with Gasteiger partial charge in [-0.05, 0) is 6.08 Å². The van der Waals surface area contributed by atoms with E-state index in [4.69, 9.17) is 14.9 Å². The fraction of sp³-hybridized carbons (Fsp3) is 0.667. The largest absolute Gasteiger partial charge is 0.481 e. The van der Waals surface area contributed by atoms with Gasteiger partial charge >= 0.3 is 5.97 Å². The molecule has 7 heteroatoms. The Morgan fingerprint density at radius 3 is 2.88 bits per heavy atom. The molecule has 2 aliphatic rings. The van der Waals surface area contributed by atoms with Gasteiger partial charge in [-0.15, -0.1) is 11.8 Å². The van der Waals surface area contributed by atoms with Gasteiger partial charge in [-0.3, -0.25) is 0 Å². The maximum Gasteiger partial charge on any atom is 0.370 e. The van der Waals surface area contributed by atoms with E-state index in [9.17, 15) is 15.0 Å². The third-order valence-corrected chi connectivity index (χ3v) is 4.42. The van der Waals surface area contributed by atoms with Gasteiger partial charge in [0.2, 0.25) is 5.76 Å². The Labute approximate surface area is 95.5 Å². The van der Waals surface area contributed by atoms with Crippen molar-refractivity contribution in [2.45, 2.75) is 28.8 Å². The third-order valence-electron chi connectivity index (χ3n) is 2.66. The van der Waals surface area contributed by atoms with Gasteiger partial charge in [-0.1, -0.05) is 0 Å². The number of aliphatic hydroxyl groups is 3. The Morgan fingerprint density at radius 2 is 2.31 bits per heavy atom. The molecular formula is C9H12O6S. The number of ether oxygens (including phenoxy) is 1. The molecule has 4 N–H and O–H groups in total. The highest BCUT2D eigenvalue weighted by Gasteiger charge is 2.53. The number of thioether (sulfide) groups is 1. The van der Waals surface area contributed by atoms with Crippen molar-refractivity contribution >= 4 is 17.7 Å². The molecular weight excluding hydrogens is 236 g/mol. The van der Waals surface area contributed by atoms with Crippen molar-refractivity contribution in [1.82, 2.24) is 0 Å². The number of carbonyl (C=O) groups is 1. The lowest BCUT2D eigenvalue weighted by atomic mass is 9.99. The molecule has 90 valence electrons. The van der Waals surface area contributed by atoms with Gasteiger partial charge in [0.05, 0.1) is 29.3 Å². The molecule has 5 atom stereocenters. The van der Waals surface area contributed by atoms with E-state index in [1.807, 2.05) is 0 Å². The fourth-order valence-electron chi connectivity index (χ4n) is 1.81. The number of rotatable bonds is 3. The number of aliphatic carboxylic acids is 1. The van der Waals surface area contributed by atoms with Crippen molar-refractivity contribution in [3.05, 3.63) is 11.8 Å². The summed E-state index contributed by atoms with van der Waals surface area (Å²) in [5.41, 5.74) is 0. The van der Waals surface area contributed by atoms with Gasteiger partial charge in [0.25, 0.3) is 0 Å². The second-order valence-electron chi connectivity index (χ2n) is 3.72. The Morgan fingerprint density at radius 1 is 1.62 bits per heavy atom. The Kier molecular flexibility index (Phi) is 3.11. The summed E-state index contributed by atoms with van der Waals surface area (Å²) < 4.78 is 5.16. The number of carboxylic acids is 1. The van der Waals surface area contributed by atoms with Crippen LogP contribution in [0.2, 0.25) is 0 Å². The molecule has 16 heavy (non-hydrogen) atoms. The summed E-state index contributed by atoms with van der Waals surface area (Å²) >= 11 is 1.29. The highest BCUT2D eigenvalue weighted by Crippen LogP contribution is 2.46. The van der Waals surface area contributed by atoms with Crippen LogP contribution in [0.4, 0.5) is 0 Å². The van der Waals surface area contributed by atoms with E-state index in [1.165, 1.54) is 11.8 Å². The van der Waals surface area contributed by atoms with Gasteiger partial charge in [0.1, 0.15) is 6.10 Å². The third kappa shape index (κ3) is 1.80. The minimum atomic E-state index is -1.24. The zero-order chi connectivity index (χ0) is 11.9. The number of fused-ring (bicyclic) bond motifs is 1. The molecule has 0 amide bonds. The Balaban J connectivity index is 2.09. The van der Waals surface area contributed by atoms with E-state index < -0.39 is 36.1 Å². The van der Waals surface area contributed by atoms with Crippen LogP contribution in [-0.4, -0.2) is 61.8 Å². The van der Waals surface area contributed by atoms with Crippen molar-refractivity contribution in [3.63, 3.8) is 0 Å². The lowest BCUT2D eigenvalue weighted by molar-refractivity contribution is -0.139. The van der Waals surface area contributed by atoms with Crippen LogP contribution in [0.3, 0.4) is 0 Å². The topological polar surface area (TPSA) is 107 Å². The van der Waals surface area contributed by atoms with E-state index >= 15 is 0 Å². The van der Waals surface area contributed by atoms with E-state index in [-0.39, 0.29) is 11.0 Å². The van der Waals surface area contributed by atoms with Crippen molar-refractivity contribution < 1.29 is 30.0 Å². The molecule has 0 spiro atoms. The molecule has 0 aromatic rings. The van der Waals surface area contributed by atoms with E-state index in [2.05, 4.69) is 0 Å². The van der Waals surface area contributed by atoms with E-state index in [0.717, 1.165) is 6.08 Å². The molecule has 2 aliphatic heterocycles. The standard InChI is InChI=1S/C9H12O6S/c10-2-4(12)8-6-7(16-8)3(11)1-5(15-6)9(13)14/h1,3-4,6-8,10-12H,2H2,(H,13,14). The first-order valence-electron chi connectivity index (χ1n) is 4.79. The van der Waals surface area contributed by atoms with Gasteiger partial charge in [0, 0.05) is 0 Å². The van der Waals surface area contributed by atoms with Crippen molar-refractivity contribution in [2.24, 2.45) is 0 Å². The molecule has 2 rings (SSSR count). The predicted molar refractivity (Wildman–Crippen MR) is 54.9 cm³/mol. The highest BCUT2D eigenvalue weighted by molar-refractivity contribution is 8.02. The first kappa shape index (κ1) is 11.7. The minimum Gasteiger partial charge on any atom is -0.481 e. The predicted octanol–water partition coefficient (Wildman–Crippen LogP) is -1.45. The van der Waals surface area contributed by atoms with Crippen LogP contribution in [-0.2, 0) is 9.53 Å². The fourth-order valence-corrected chi connectivity index (χ4v) is 3.17. The summed E-state index contributed by atoms with van der Waals surface area (Å²) in [6.07, 6.45) is -1.26. The van der Waals surface area contributed by atoms with Crippen LogP contribution in [0.5, 0.6) is 0 Å². The lowest BCUT2D eigenvalue weighted by Gasteiger charge is -2.48. The maximum absolute atomic E-state index is 10.7. The van der Waals surface area contributed by atoms with Gasteiger partial charge in [-0.25, -0.2) is 4.79 Å². The zero-order valence-corrected chi connectivity index (χ0v) is 9.00. The molecule has 1 fully saturated rings. The SMILES string of the molecule is O=C(O)C1=CC(O)C2SC(C(O)CO)C2O1. The number of hydrogen-bond donors (Lipinski definition) is 4. The highest BCUT2D eigenvalue weighted by atomic mass is 32.2. The molecule has 0 aromatic heterocycles. The molecule has 0 aliphatic carbocycles. The van der Waals surface area contributed by atoms with Gasteiger partial charge in [0.15, 0.2) is 0 Å². The molecule has 0 aromatic carbocycles. The molecule has 0 saturated carbocycles. The summed E-state index contributed by atoms with van der Waals surface area (Å²) in [5.74, 6) is -1.55. The van der Waals surface area contributed by atoms with Crippen LogP contribution in [0.25, 0.3) is 0 Å². The van der Waals surface area contributed by atoms with Gasteiger partial charge < -0.3 is 25.2 Å². The number of carboxylic acid groups (broad SMARTS) is 1. The molecule has 1 saturated heterocycles. The van der Waals surface area contributed by atoms with E-state index in [0.29, 0.717) is 0 Å². The second kappa shape index (κ2) is 4.25. The van der Waals surface area contributed by atoms with Crippen molar-refractivity contribution in [2.75, 3.05) is 6.61 Å². The summed E-state index contributed by atoms with van der Waals surface area (Å²) in [6.45, 7) is -0.410. The quantitative estimate of drug-likeness (QED) is 0.484. The molecule has 0 bridgehead atoms. The van der Waals surface area contributed by atoms with E-state index in [1.54, 1.807) is 0 Å². The summed E-state index contributed by atoms with van der Waals surface area (Å²) in [5, 5.41) is 35.9. The first-order chi connectivity index (χ1) is 7.54. The average molecular weight is 248 g/mol. The summed E-state index contributed by atoms with van der Waals surface area (Å²) in [4.78, 5) is 10.7. The van der Waals surface area contributed by atoms with Crippen LogP contribution in [0.15, 0.2) is 11.8 Å². The van der Waals surface area contributed by atoms with Crippen molar-refractivity contribution in [1.29, 1.82) is 0 Å². The lowest BCUT2D eigenvalue weighted by Crippen LogP contribution is -2.59. The Bertz CT molecular complexity index is 330. The monoisotopic (exact) mass is 248 g/mol. The second-order valence-corrected chi connectivity index (χ2v) is 5.09. The summed E-state index contributed by atoms with van der Waals surface area (Å²) in [7, 11) is 0. The molecule has 5 unspecified atom stereocenters. The van der Waals surface area contributed by atoms with Crippen LogP contribution in [0, 0.1) is 0 Å². The molecule has 2 heterocycles. The number of hydrogen-bond acceptors (Lipinski definition) is 6. The van der Waals surface area contributed by atoms with Crippen LogP contribution in [0.1, 0.15) is 0 Å². The average Bonchev–Trinajstić information content (AvgIpc) is 2.20. The summed E-state index contributed by atoms with van der Waals surface area (Å²) in [6, 6.07) is 0. The zero-order valence-electron chi connectivity index (χ0n) is 8.18. The maximum atomic E-state index is 10.7. The smallest absolute Gasteiger partial charge is 0.370 e. The van der Waals surface area contributed by atoms with Crippen LogP contribution >= 0.6 is 11.8 Å². The normalized spacial score (nSPS) is 38.8. The first-order valence-corrected chi connectivity index (χ1v) is 5.73. The number of aliphatic hydroxyl groups excluding tert-OH is 3. The van der Waals surface area contributed by atoms with Crippen molar-refractivity contribution in [3.8, 4) is 0 Å². The molecule has 6 nitrogen and oxygen atoms in total. The van der Waals surface area contributed by atoms with Gasteiger partial charge in [-0.2, -0.15) is 0 Å². The Hall–Kier alpha value is -0.760. The molecule has 0 radical (unpaired) electrons. The van der Waals surface area contributed by atoms with Crippen LogP contribution < -0.4 is 0 Å².